The zero-order valence-corrected chi connectivity index (χ0v) is 13.1. The van der Waals surface area contributed by atoms with Gasteiger partial charge in [0, 0.05) is 12.2 Å². The second-order valence-electron chi connectivity index (χ2n) is 4.56. The minimum absolute atomic E-state index is 0.0276. The van der Waals surface area contributed by atoms with E-state index in [9.17, 15) is 8.42 Å². The van der Waals surface area contributed by atoms with Crippen molar-refractivity contribution < 1.29 is 8.42 Å². The summed E-state index contributed by atoms with van der Waals surface area (Å²) in [4.78, 5) is 4.27. The molecule has 0 unspecified atom stereocenters. The number of aryl methyl sites for hydroxylation is 1. The number of hydrogen-bond acceptors (Lipinski definition) is 4. The number of sulfonamides is 1. The third-order valence-electron chi connectivity index (χ3n) is 2.91. The molecule has 112 valence electrons. The molecule has 7 heteroatoms. The fourth-order valence-electron chi connectivity index (χ4n) is 1.83. The van der Waals surface area contributed by atoms with Crippen molar-refractivity contribution in [3.8, 4) is 0 Å². The summed E-state index contributed by atoms with van der Waals surface area (Å²) in [6.45, 7) is 2.20. The Kier molecular flexibility index (Phi) is 4.95. The van der Waals surface area contributed by atoms with Crippen LogP contribution in [0.2, 0.25) is 5.02 Å². The van der Waals surface area contributed by atoms with Crippen molar-refractivity contribution in [3.63, 3.8) is 0 Å². The van der Waals surface area contributed by atoms with E-state index in [0.717, 1.165) is 5.69 Å². The smallest absolute Gasteiger partial charge is 0.242 e. The molecule has 0 atom stereocenters. The molecule has 1 aromatic carbocycles. The zero-order valence-electron chi connectivity index (χ0n) is 11.5. The molecule has 0 fully saturated rings. The normalized spacial score (nSPS) is 11.6. The fourth-order valence-corrected chi connectivity index (χ4v) is 3.37. The first kappa shape index (κ1) is 15.9. The quantitative estimate of drug-likeness (QED) is 0.880. The predicted octanol–water partition coefficient (Wildman–Crippen LogP) is 1.98. The van der Waals surface area contributed by atoms with Crippen LogP contribution in [0.1, 0.15) is 17.0 Å². The Labute approximate surface area is 129 Å². The topological polar surface area (TPSA) is 85.1 Å². The standard InChI is InChI=1S/C14H16ClN3O2S/c1-10-3-2-4-12(18-10)9-17-21(19,20)14-7-11(8-16)5-6-13(14)15/h2-7,17H,8-9,16H2,1H3. The number of benzene rings is 1. The van der Waals surface area contributed by atoms with E-state index in [1.165, 1.54) is 12.1 Å². The van der Waals surface area contributed by atoms with Crippen LogP contribution >= 0.6 is 11.6 Å². The lowest BCUT2D eigenvalue weighted by molar-refractivity contribution is 0.580. The van der Waals surface area contributed by atoms with Crippen LogP contribution in [0.3, 0.4) is 0 Å². The van der Waals surface area contributed by atoms with Crippen molar-refractivity contribution in [2.24, 2.45) is 5.73 Å². The first-order valence-corrected chi connectivity index (χ1v) is 8.19. The highest BCUT2D eigenvalue weighted by atomic mass is 35.5. The maximum atomic E-state index is 12.3. The van der Waals surface area contributed by atoms with Gasteiger partial charge in [-0.05, 0) is 36.8 Å². The molecule has 0 aliphatic carbocycles. The van der Waals surface area contributed by atoms with Gasteiger partial charge in [-0.1, -0.05) is 23.7 Å². The monoisotopic (exact) mass is 325 g/mol. The molecule has 0 aliphatic heterocycles. The van der Waals surface area contributed by atoms with Crippen molar-refractivity contribution in [1.29, 1.82) is 0 Å². The van der Waals surface area contributed by atoms with Gasteiger partial charge in [0.2, 0.25) is 10.0 Å². The average Bonchev–Trinajstić information content (AvgIpc) is 2.46. The van der Waals surface area contributed by atoms with Crippen molar-refractivity contribution in [1.82, 2.24) is 9.71 Å². The summed E-state index contributed by atoms with van der Waals surface area (Å²) in [6, 6.07) is 10.1. The molecule has 0 spiro atoms. The average molecular weight is 326 g/mol. The van der Waals surface area contributed by atoms with Crippen LogP contribution in [0, 0.1) is 6.92 Å². The molecule has 0 aliphatic rings. The summed E-state index contributed by atoms with van der Waals surface area (Å²) < 4.78 is 27.1. The molecule has 0 saturated heterocycles. The number of hydrogen-bond donors (Lipinski definition) is 2. The number of rotatable bonds is 5. The van der Waals surface area contributed by atoms with E-state index in [1.807, 2.05) is 19.1 Å². The molecule has 21 heavy (non-hydrogen) atoms. The number of nitrogens with one attached hydrogen (secondary N) is 1. The first-order chi connectivity index (χ1) is 9.92. The zero-order chi connectivity index (χ0) is 15.5. The highest BCUT2D eigenvalue weighted by Gasteiger charge is 2.18. The summed E-state index contributed by atoms with van der Waals surface area (Å²) in [5.41, 5.74) is 7.70. The van der Waals surface area contributed by atoms with Gasteiger partial charge in [0.15, 0.2) is 0 Å². The fraction of sp³-hybridized carbons (Fsp3) is 0.214. The molecule has 0 bridgehead atoms. The van der Waals surface area contributed by atoms with Crippen molar-refractivity contribution >= 4 is 21.6 Å². The van der Waals surface area contributed by atoms with Gasteiger partial charge in [0.25, 0.3) is 0 Å². The lowest BCUT2D eigenvalue weighted by atomic mass is 10.2. The molecule has 0 radical (unpaired) electrons. The maximum absolute atomic E-state index is 12.3. The van der Waals surface area contributed by atoms with Crippen LogP contribution in [0.4, 0.5) is 0 Å². The molecular formula is C14H16ClN3O2S. The van der Waals surface area contributed by atoms with E-state index in [4.69, 9.17) is 17.3 Å². The molecule has 1 aromatic heterocycles. The number of halogens is 1. The van der Waals surface area contributed by atoms with Crippen molar-refractivity contribution in [2.45, 2.75) is 24.9 Å². The van der Waals surface area contributed by atoms with Crippen LogP contribution < -0.4 is 10.5 Å². The van der Waals surface area contributed by atoms with Gasteiger partial charge in [-0.25, -0.2) is 13.1 Å². The Morgan fingerprint density at radius 3 is 2.71 bits per heavy atom. The van der Waals surface area contributed by atoms with Crippen LogP contribution in [-0.2, 0) is 23.1 Å². The van der Waals surface area contributed by atoms with Gasteiger partial charge in [-0.2, -0.15) is 0 Å². The highest BCUT2D eigenvalue weighted by Crippen LogP contribution is 2.22. The molecule has 5 nitrogen and oxygen atoms in total. The summed E-state index contributed by atoms with van der Waals surface area (Å²) in [5.74, 6) is 0. The third-order valence-corrected chi connectivity index (χ3v) is 4.79. The number of nitrogens with two attached hydrogens (primary N) is 1. The lowest BCUT2D eigenvalue weighted by Crippen LogP contribution is -2.24. The van der Waals surface area contributed by atoms with E-state index < -0.39 is 10.0 Å². The molecule has 2 aromatic rings. The van der Waals surface area contributed by atoms with E-state index in [2.05, 4.69) is 9.71 Å². The summed E-state index contributed by atoms with van der Waals surface area (Å²) in [7, 11) is -3.71. The highest BCUT2D eigenvalue weighted by molar-refractivity contribution is 7.89. The maximum Gasteiger partial charge on any atom is 0.242 e. The molecule has 2 rings (SSSR count). The first-order valence-electron chi connectivity index (χ1n) is 6.33. The van der Waals surface area contributed by atoms with Crippen molar-refractivity contribution in [2.75, 3.05) is 0 Å². The predicted molar refractivity (Wildman–Crippen MR) is 82.3 cm³/mol. The van der Waals surface area contributed by atoms with Crippen LogP contribution in [0.25, 0.3) is 0 Å². The molecule has 0 amide bonds. The van der Waals surface area contributed by atoms with Crippen LogP contribution in [0.5, 0.6) is 0 Å². The van der Waals surface area contributed by atoms with Gasteiger partial charge in [0.1, 0.15) is 4.90 Å². The van der Waals surface area contributed by atoms with E-state index in [0.29, 0.717) is 11.3 Å². The van der Waals surface area contributed by atoms with Crippen LogP contribution in [-0.4, -0.2) is 13.4 Å². The number of aromatic nitrogens is 1. The van der Waals surface area contributed by atoms with Gasteiger partial charge in [0.05, 0.1) is 17.3 Å². The minimum atomic E-state index is -3.71. The summed E-state index contributed by atoms with van der Waals surface area (Å²) >= 11 is 5.97. The Balaban J connectivity index is 2.22. The lowest BCUT2D eigenvalue weighted by Gasteiger charge is -2.09. The van der Waals surface area contributed by atoms with Gasteiger partial charge in [-0.15, -0.1) is 0 Å². The Morgan fingerprint density at radius 1 is 1.29 bits per heavy atom. The van der Waals surface area contributed by atoms with Gasteiger partial charge in [-0.3, -0.25) is 4.98 Å². The number of nitrogens with zero attached hydrogens (tertiary/aromatic N) is 1. The molecular weight excluding hydrogens is 310 g/mol. The van der Waals surface area contributed by atoms with E-state index in [-0.39, 0.29) is 23.0 Å². The van der Waals surface area contributed by atoms with Crippen LogP contribution in [0.15, 0.2) is 41.3 Å². The van der Waals surface area contributed by atoms with Crippen molar-refractivity contribution in [3.05, 3.63) is 58.4 Å². The number of pyridine rings is 1. The van der Waals surface area contributed by atoms with E-state index in [1.54, 1.807) is 12.1 Å². The SMILES string of the molecule is Cc1cccc(CNS(=O)(=O)c2cc(CN)ccc2Cl)n1. The second kappa shape index (κ2) is 6.53. The van der Waals surface area contributed by atoms with E-state index >= 15 is 0 Å². The minimum Gasteiger partial charge on any atom is -0.326 e. The van der Waals surface area contributed by atoms with Gasteiger partial charge < -0.3 is 5.73 Å². The Bertz CT molecular complexity index is 748. The molecule has 3 N–H and O–H groups in total. The Morgan fingerprint density at radius 2 is 2.05 bits per heavy atom. The van der Waals surface area contributed by atoms with Gasteiger partial charge >= 0.3 is 0 Å². The summed E-state index contributed by atoms with van der Waals surface area (Å²) in [5, 5.41) is 0.164. The second-order valence-corrected chi connectivity index (χ2v) is 6.71. The molecule has 1 heterocycles. The third kappa shape index (κ3) is 4.01. The Hall–Kier alpha value is -1.47. The largest absolute Gasteiger partial charge is 0.326 e. The molecule has 0 saturated carbocycles. The summed E-state index contributed by atoms with van der Waals surface area (Å²) in [6.07, 6.45) is 0.